The molecule has 6 nitrogen and oxygen atoms in total. The fourth-order valence-electron chi connectivity index (χ4n) is 1.77. The first-order valence-electron chi connectivity index (χ1n) is 5.87. The maximum absolute atomic E-state index is 11.7. The highest BCUT2D eigenvalue weighted by atomic mass is 32.2. The summed E-state index contributed by atoms with van der Waals surface area (Å²) in [4.78, 5) is 19.8. The highest BCUT2D eigenvalue weighted by Gasteiger charge is 2.18. The van der Waals surface area contributed by atoms with E-state index in [1.165, 1.54) is 18.1 Å². The van der Waals surface area contributed by atoms with Gasteiger partial charge in [-0.2, -0.15) is 5.10 Å². The predicted molar refractivity (Wildman–Crippen MR) is 78.4 cm³/mol. The van der Waals surface area contributed by atoms with Crippen LogP contribution in [0.5, 0.6) is 0 Å². The minimum atomic E-state index is -0.172. The van der Waals surface area contributed by atoms with E-state index in [0.717, 1.165) is 11.3 Å². The van der Waals surface area contributed by atoms with Crippen molar-refractivity contribution in [3.8, 4) is 5.69 Å². The zero-order chi connectivity index (χ0) is 13.9. The van der Waals surface area contributed by atoms with Gasteiger partial charge in [0.1, 0.15) is 18.4 Å². The fourth-order valence-corrected chi connectivity index (χ4v) is 2.15. The Morgan fingerprint density at radius 3 is 2.70 bits per heavy atom. The van der Waals surface area contributed by atoms with Gasteiger partial charge < -0.3 is 0 Å². The van der Waals surface area contributed by atoms with Crippen LogP contribution in [0.3, 0.4) is 0 Å². The Balaban J connectivity index is 1.85. The molecule has 0 bridgehead atoms. The molecule has 100 valence electrons. The molecular weight excluding hydrogens is 274 g/mol. The van der Waals surface area contributed by atoms with Crippen LogP contribution < -0.4 is 5.32 Å². The third kappa shape index (κ3) is 2.48. The number of aliphatic imine (C=N–C) groups is 1. The average molecular weight is 285 g/mol. The summed E-state index contributed by atoms with van der Waals surface area (Å²) in [6.45, 7) is 0. The number of benzene rings is 1. The number of nitrogens with zero attached hydrogens (tertiary/aromatic N) is 4. The molecule has 0 unspecified atom stereocenters. The van der Waals surface area contributed by atoms with Crippen LogP contribution in [-0.4, -0.2) is 32.1 Å². The van der Waals surface area contributed by atoms with E-state index < -0.39 is 0 Å². The molecule has 3 rings (SSSR count). The lowest BCUT2D eigenvalue weighted by molar-refractivity contribution is -0.115. The van der Waals surface area contributed by atoms with E-state index in [-0.39, 0.29) is 5.91 Å². The molecule has 0 fully saturated rings. The van der Waals surface area contributed by atoms with Crippen LogP contribution in [0.1, 0.15) is 5.56 Å². The maximum Gasteiger partial charge on any atom is 0.275 e. The smallest absolute Gasteiger partial charge is 0.275 e. The minimum Gasteiger partial charge on any atom is -0.300 e. The van der Waals surface area contributed by atoms with Gasteiger partial charge in [0.25, 0.3) is 5.91 Å². The largest absolute Gasteiger partial charge is 0.300 e. The Morgan fingerprint density at radius 1 is 1.30 bits per heavy atom. The summed E-state index contributed by atoms with van der Waals surface area (Å²) in [5.74, 6) is -0.172. The fraction of sp³-hybridized carbons (Fsp3) is 0.0769. The third-order valence-electron chi connectivity index (χ3n) is 2.75. The molecule has 0 aliphatic carbocycles. The van der Waals surface area contributed by atoms with Gasteiger partial charge in [-0.3, -0.25) is 10.1 Å². The Hall–Kier alpha value is -2.41. The summed E-state index contributed by atoms with van der Waals surface area (Å²) in [7, 11) is 0. The molecular formula is C13H11N5OS. The molecule has 0 atom stereocenters. The highest BCUT2D eigenvalue weighted by Crippen LogP contribution is 2.16. The molecule has 1 amide bonds. The molecule has 0 saturated carbocycles. The Morgan fingerprint density at radius 2 is 2.10 bits per heavy atom. The first kappa shape index (κ1) is 12.6. The number of carbonyl (C=O) groups excluding carboxylic acids is 1. The van der Waals surface area contributed by atoms with E-state index >= 15 is 0 Å². The maximum atomic E-state index is 11.7. The van der Waals surface area contributed by atoms with Gasteiger partial charge in [0.2, 0.25) is 0 Å². The summed E-state index contributed by atoms with van der Waals surface area (Å²) in [6, 6.07) is 7.63. The molecule has 0 spiro atoms. The van der Waals surface area contributed by atoms with Crippen LogP contribution in [0, 0.1) is 0 Å². The van der Waals surface area contributed by atoms with Crippen molar-refractivity contribution in [3.05, 3.63) is 48.2 Å². The number of amidine groups is 1. The summed E-state index contributed by atoms with van der Waals surface area (Å²) in [5.41, 5.74) is 2.24. The molecule has 0 saturated heterocycles. The van der Waals surface area contributed by atoms with Crippen LogP contribution in [-0.2, 0) is 4.79 Å². The Bertz CT molecular complexity index is 688. The Kier molecular flexibility index (Phi) is 3.34. The zero-order valence-corrected chi connectivity index (χ0v) is 11.5. The second-order valence-electron chi connectivity index (χ2n) is 4.04. The van der Waals surface area contributed by atoms with Gasteiger partial charge in [0.15, 0.2) is 5.17 Å². The first-order chi connectivity index (χ1) is 9.76. The van der Waals surface area contributed by atoms with E-state index in [0.29, 0.717) is 10.9 Å². The highest BCUT2D eigenvalue weighted by molar-refractivity contribution is 8.13. The number of thioether (sulfide) groups is 1. The molecule has 20 heavy (non-hydrogen) atoms. The number of aromatic nitrogens is 3. The average Bonchev–Trinajstić information content (AvgIpc) is 3.10. The van der Waals surface area contributed by atoms with Crippen molar-refractivity contribution < 1.29 is 4.79 Å². The van der Waals surface area contributed by atoms with Gasteiger partial charge in [0, 0.05) is 0 Å². The minimum absolute atomic E-state index is 0.172. The van der Waals surface area contributed by atoms with E-state index in [2.05, 4.69) is 20.4 Å². The van der Waals surface area contributed by atoms with Crippen molar-refractivity contribution in [3.63, 3.8) is 0 Å². The molecule has 7 heteroatoms. The molecule has 0 radical (unpaired) electrons. The molecule has 1 N–H and O–H groups in total. The van der Waals surface area contributed by atoms with Gasteiger partial charge in [-0.25, -0.2) is 14.7 Å². The van der Waals surface area contributed by atoms with E-state index in [1.807, 2.05) is 30.5 Å². The number of nitrogens with one attached hydrogen (secondary N) is 1. The second-order valence-corrected chi connectivity index (χ2v) is 4.83. The first-order valence-corrected chi connectivity index (χ1v) is 7.09. The van der Waals surface area contributed by atoms with Crippen molar-refractivity contribution in [2.75, 3.05) is 6.26 Å². The summed E-state index contributed by atoms with van der Waals surface area (Å²) in [5, 5.41) is 7.37. The number of amides is 1. The molecule has 2 heterocycles. The van der Waals surface area contributed by atoms with E-state index in [1.54, 1.807) is 17.1 Å². The van der Waals surface area contributed by atoms with Crippen molar-refractivity contribution >= 4 is 28.9 Å². The van der Waals surface area contributed by atoms with E-state index in [9.17, 15) is 4.79 Å². The number of hydrogen-bond donors (Lipinski definition) is 1. The third-order valence-corrected chi connectivity index (χ3v) is 3.33. The van der Waals surface area contributed by atoms with Crippen LogP contribution in [0.25, 0.3) is 11.8 Å². The quantitative estimate of drug-likeness (QED) is 0.848. The standard InChI is InChI=1S/C13H11N5OS/c1-20-13-16-11(12(19)17-13)6-9-2-4-10(5-3-9)18-8-14-7-15-18/h2-8H,1H3,(H,16,17,19)/b11-6+. The lowest BCUT2D eigenvalue weighted by atomic mass is 10.2. The van der Waals surface area contributed by atoms with Crippen molar-refractivity contribution in [1.29, 1.82) is 0 Å². The van der Waals surface area contributed by atoms with Crippen molar-refractivity contribution in [2.45, 2.75) is 0 Å². The van der Waals surface area contributed by atoms with Crippen LogP contribution in [0.2, 0.25) is 0 Å². The van der Waals surface area contributed by atoms with Gasteiger partial charge in [-0.05, 0) is 30.0 Å². The molecule has 1 aliphatic heterocycles. The lowest BCUT2D eigenvalue weighted by Gasteiger charge is -2.00. The number of carbonyl (C=O) groups is 1. The molecule has 2 aromatic rings. The number of rotatable bonds is 2. The lowest BCUT2D eigenvalue weighted by Crippen LogP contribution is -2.21. The molecule has 1 aromatic carbocycles. The topological polar surface area (TPSA) is 72.2 Å². The normalized spacial score (nSPS) is 16.4. The molecule has 1 aliphatic rings. The van der Waals surface area contributed by atoms with E-state index in [4.69, 9.17) is 0 Å². The zero-order valence-electron chi connectivity index (χ0n) is 10.6. The molecule has 1 aromatic heterocycles. The SMILES string of the molecule is CSC1=N/C(=C/c2ccc(-n3cncn3)cc2)C(=O)N1. The van der Waals surface area contributed by atoms with Gasteiger partial charge in [-0.15, -0.1) is 0 Å². The monoisotopic (exact) mass is 285 g/mol. The van der Waals surface area contributed by atoms with Crippen LogP contribution in [0.15, 0.2) is 47.6 Å². The summed E-state index contributed by atoms with van der Waals surface area (Å²) < 4.78 is 1.67. The number of hydrogen-bond acceptors (Lipinski definition) is 5. The van der Waals surface area contributed by atoms with Gasteiger partial charge in [0.05, 0.1) is 5.69 Å². The van der Waals surface area contributed by atoms with Crippen molar-refractivity contribution in [1.82, 2.24) is 20.1 Å². The van der Waals surface area contributed by atoms with Gasteiger partial charge >= 0.3 is 0 Å². The van der Waals surface area contributed by atoms with Gasteiger partial charge in [-0.1, -0.05) is 23.9 Å². The van der Waals surface area contributed by atoms with Crippen LogP contribution in [0.4, 0.5) is 0 Å². The summed E-state index contributed by atoms with van der Waals surface area (Å²) in [6.07, 6.45) is 6.74. The van der Waals surface area contributed by atoms with Crippen molar-refractivity contribution in [2.24, 2.45) is 4.99 Å². The second kappa shape index (κ2) is 5.30. The van der Waals surface area contributed by atoms with Crippen LogP contribution >= 0.6 is 11.8 Å². The Labute approximate surface area is 119 Å². The predicted octanol–water partition coefficient (Wildman–Crippen LogP) is 1.46. The summed E-state index contributed by atoms with van der Waals surface area (Å²) >= 11 is 1.41.